The molecule has 0 amide bonds. The lowest BCUT2D eigenvalue weighted by Crippen LogP contribution is -2.16. The normalized spacial score (nSPS) is 9.50. The SMILES string of the molecule is COCC(=O)OC(=O)c1ccccc1. The second kappa shape index (κ2) is 5.14. The zero-order chi connectivity index (χ0) is 10.4. The van der Waals surface area contributed by atoms with Crippen LogP contribution in [0.15, 0.2) is 30.3 Å². The van der Waals surface area contributed by atoms with Crippen molar-refractivity contribution in [2.75, 3.05) is 13.7 Å². The van der Waals surface area contributed by atoms with Gasteiger partial charge in [0.05, 0.1) is 5.56 Å². The van der Waals surface area contributed by atoms with Gasteiger partial charge in [0.15, 0.2) is 0 Å². The van der Waals surface area contributed by atoms with Crippen LogP contribution >= 0.6 is 0 Å². The van der Waals surface area contributed by atoms with E-state index in [0.717, 1.165) is 0 Å². The molecule has 0 bridgehead atoms. The molecule has 0 aliphatic rings. The van der Waals surface area contributed by atoms with Gasteiger partial charge in [0, 0.05) is 7.11 Å². The molecule has 0 N–H and O–H groups in total. The van der Waals surface area contributed by atoms with E-state index in [1.165, 1.54) is 7.11 Å². The van der Waals surface area contributed by atoms with Gasteiger partial charge in [0.1, 0.15) is 6.61 Å². The summed E-state index contributed by atoms with van der Waals surface area (Å²) in [6.07, 6.45) is 0. The standard InChI is InChI=1S/C10H10O4/c1-13-7-9(11)14-10(12)8-5-3-2-4-6-8/h2-6H,7H2,1H3. The first-order valence-corrected chi connectivity index (χ1v) is 4.03. The monoisotopic (exact) mass is 194 g/mol. The number of esters is 2. The molecular formula is C10H10O4. The maximum atomic E-state index is 11.2. The molecule has 74 valence electrons. The van der Waals surface area contributed by atoms with Crippen molar-refractivity contribution in [2.24, 2.45) is 0 Å². The number of hydrogen-bond acceptors (Lipinski definition) is 4. The first kappa shape index (κ1) is 10.4. The predicted molar refractivity (Wildman–Crippen MR) is 48.7 cm³/mol. The highest BCUT2D eigenvalue weighted by Crippen LogP contribution is 2.00. The third-order valence-corrected chi connectivity index (χ3v) is 1.48. The molecule has 1 rings (SSSR count). The second-order valence-electron chi connectivity index (χ2n) is 2.56. The van der Waals surface area contributed by atoms with Crippen molar-refractivity contribution in [3.05, 3.63) is 35.9 Å². The molecule has 0 spiro atoms. The van der Waals surface area contributed by atoms with E-state index < -0.39 is 11.9 Å². The van der Waals surface area contributed by atoms with E-state index >= 15 is 0 Å². The molecule has 0 aliphatic carbocycles. The van der Waals surface area contributed by atoms with E-state index in [2.05, 4.69) is 9.47 Å². The van der Waals surface area contributed by atoms with E-state index in [1.54, 1.807) is 30.3 Å². The Kier molecular flexibility index (Phi) is 3.82. The molecule has 0 aromatic heterocycles. The van der Waals surface area contributed by atoms with Crippen molar-refractivity contribution in [2.45, 2.75) is 0 Å². The van der Waals surface area contributed by atoms with E-state index in [-0.39, 0.29) is 6.61 Å². The number of rotatable bonds is 3. The molecule has 1 aromatic rings. The summed E-state index contributed by atoms with van der Waals surface area (Å²) in [5, 5.41) is 0. The highest BCUT2D eigenvalue weighted by atomic mass is 16.6. The van der Waals surface area contributed by atoms with Crippen molar-refractivity contribution in [3.8, 4) is 0 Å². The Labute approximate surface area is 81.4 Å². The molecule has 0 radical (unpaired) electrons. The summed E-state index contributed by atoms with van der Waals surface area (Å²) in [4.78, 5) is 22.1. The van der Waals surface area contributed by atoms with E-state index in [4.69, 9.17) is 0 Å². The van der Waals surface area contributed by atoms with Crippen LogP contribution in [-0.4, -0.2) is 25.7 Å². The van der Waals surface area contributed by atoms with Crippen LogP contribution in [0.2, 0.25) is 0 Å². The zero-order valence-electron chi connectivity index (χ0n) is 7.73. The molecule has 4 heteroatoms. The van der Waals surface area contributed by atoms with Gasteiger partial charge in [-0.1, -0.05) is 18.2 Å². The Balaban J connectivity index is 2.55. The van der Waals surface area contributed by atoms with Gasteiger partial charge in [0.25, 0.3) is 0 Å². The number of ether oxygens (including phenoxy) is 2. The fourth-order valence-corrected chi connectivity index (χ4v) is 0.884. The van der Waals surface area contributed by atoms with Gasteiger partial charge in [0.2, 0.25) is 0 Å². The zero-order valence-corrected chi connectivity index (χ0v) is 7.73. The molecular weight excluding hydrogens is 184 g/mol. The number of hydrogen-bond donors (Lipinski definition) is 0. The van der Waals surface area contributed by atoms with E-state index in [0.29, 0.717) is 5.56 Å². The smallest absolute Gasteiger partial charge is 0.345 e. The van der Waals surface area contributed by atoms with Gasteiger partial charge in [-0.3, -0.25) is 0 Å². The van der Waals surface area contributed by atoms with Crippen LogP contribution in [0.25, 0.3) is 0 Å². The van der Waals surface area contributed by atoms with Crippen LogP contribution in [0.5, 0.6) is 0 Å². The Hall–Kier alpha value is -1.68. The Morgan fingerprint density at radius 1 is 1.21 bits per heavy atom. The summed E-state index contributed by atoms with van der Waals surface area (Å²) in [5.74, 6) is -1.35. The van der Waals surface area contributed by atoms with Gasteiger partial charge in [-0.05, 0) is 12.1 Å². The lowest BCUT2D eigenvalue weighted by atomic mass is 10.2. The van der Waals surface area contributed by atoms with E-state index in [1.807, 2.05) is 0 Å². The average Bonchev–Trinajstić information content (AvgIpc) is 2.19. The van der Waals surface area contributed by atoms with Crippen molar-refractivity contribution in [3.63, 3.8) is 0 Å². The minimum Gasteiger partial charge on any atom is -0.388 e. The molecule has 0 atom stereocenters. The highest BCUT2D eigenvalue weighted by molar-refractivity contribution is 5.96. The van der Waals surface area contributed by atoms with Crippen LogP contribution in [0, 0.1) is 0 Å². The molecule has 0 saturated carbocycles. The van der Waals surface area contributed by atoms with Crippen molar-refractivity contribution >= 4 is 11.9 Å². The molecule has 0 aliphatic heterocycles. The average molecular weight is 194 g/mol. The fraction of sp³-hybridized carbons (Fsp3) is 0.200. The van der Waals surface area contributed by atoms with Gasteiger partial charge in [-0.2, -0.15) is 0 Å². The van der Waals surface area contributed by atoms with Crippen LogP contribution in [-0.2, 0) is 14.3 Å². The van der Waals surface area contributed by atoms with Gasteiger partial charge < -0.3 is 9.47 Å². The Morgan fingerprint density at radius 3 is 2.43 bits per heavy atom. The topological polar surface area (TPSA) is 52.6 Å². The molecule has 0 unspecified atom stereocenters. The lowest BCUT2D eigenvalue weighted by molar-refractivity contribution is -0.142. The maximum absolute atomic E-state index is 11.2. The summed E-state index contributed by atoms with van der Waals surface area (Å²) in [5.41, 5.74) is 0.344. The summed E-state index contributed by atoms with van der Waals surface area (Å²) in [6.45, 7) is -0.224. The maximum Gasteiger partial charge on any atom is 0.345 e. The number of methoxy groups -OCH3 is 1. The molecule has 0 fully saturated rings. The molecule has 14 heavy (non-hydrogen) atoms. The third-order valence-electron chi connectivity index (χ3n) is 1.48. The first-order valence-electron chi connectivity index (χ1n) is 4.03. The fourth-order valence-electron chi connectivity index (χ4n) is 0.884. The van der Waals surface area contributed by atoms with Gasteiger partial charge in [-0.15, -0.1) is 0 Å². The highest BCUT2D eigenvalue weighted by Gasteiger charge is 2.11. The minimum absolute atomic E-state index is 0.224. The van der Waals surface area contributed by atoms with Gasteiger partial charge in [-0.25, -0.2) is 9.59 Å². The summed E-state index contributed by atoms with van der Waals surface area (Å²) in [6, 6.07) is 8.30. The summed E-state index contributed by atoms with van der Waals surface area (Å²) < 4.78 is 8.99. The summed E-state index contributed by atoms with van der Waals surface area (Å²) >= 11 is 0. The van der Waals surface area contributed by atoms with Crippen LogP contribution in [0.3, 0.4) is 0 Å². The van der Waals surface area contributed by atoms with Crippen molar-refractivity contribution in [1.29, 1.82) is 0 Å². The predicted octanol–water partition coefficient (Wildman–Crippen LogP) is 1.02. The van der Waals surface area contributed by atoms with Crippen molar-refractivity contribution < 1.29 is 19.1 Å². The number of carbonyl (C=O) groups excluding carboxylic acids is 2. The molecule has 0 saturated heterocycles. The Bertz CT molecular complexity index is 318. The largest absolute Gasteiger partial charge is 0.388 e. The van der Waals surface area contributed by atoms with Crippen molar-refractivity contribution in [1.82, 2.24) is 0 Å². The Morgan fingerprint density at radius 2 is 1.86 bits per heavy atom. The molecule has 1 aromatic carbocycles. The van der Waals surface area contributed by atoms with Gasteiger partial charge >= 0.3 is 11.9 Å². The number of benzene rings is 1. The van der Waals surface area contributed by atoms with Crippen LogP contribution in [0.1, 0.15) is 10.4 Å². The quantitative estimate of drug-likeness (QED) is 0.532. The van der Waals surface area contributed by atoms with Crippen LogP contribution in [0.4, 0.5) is 0 Å². The van der Waals surface area contributed by atoms with E-state index in [9.17, 15) is 9.59 Å². The number of carbonyl (C=O) groups is 2. The summed E-state index contributed by atoms with van der Waals surface area (Å²) in [7, 11) is 1.36. The molecule has 0 heterocycles. The molecule has 4 nitrogen and oxygen atoms in total. The minimum atomic E-state index is -0.693. The first-order chi connectivity index (χ1) is 6.74. The third kappa shape index (κ3) is 2.99. The van der Waals surface area contributed by atoms with Crippen LogP contribution < -0.4 is 0 Å². The lowest BCUT2D eigenvalue weighted by Gasteiger charge is -2.01. The second-order valence-corrected chi connectivity index (χ2v) is 2.56.